The van der Waals surface area contributed by atoms with Gasteiger partial charge in [0.1, 0.15) is 5.01 Å². The zero-order valence-corrected chi connectivity index (χ0v) is 15.1. The van der Waals surface area contributed by atoms with Crippen molar-refractivity contribution in [1.82, 2.24) is 15.2 Å². The lowest BCUT2D eigenvalue weighted by Crippen LogP contribution is -1.85. The second-order valence-corrected chi connectivity index (χ2v) is 8.70. The number of nitro groups is 1. The predicted octanol–water partition coefficient (Wildman–Crippen LogP) is 4.80. The van der Waals surface area contributed by atoms with E-state index in [0.29, 0.717) is 0 Å². The minimum absolute atomic E-state index is 0.0776. The largest absolute Gasteiger partial charge is 0.270 e. The summed E-state index contributed by atoms with van der Waals surface area (Å²) >= 11 is 4.40. The predicted molar refractivity (Wildman–Crippen MR) is 99.6 cm³/mol. The molecule has 25 heavy (non-hydrogen) atoms. The molecule has 0 amide bonds. The van der Waals surface area contributed by atoms with Crippen LogP contribution in [0, 0.1) is 10.1 Å². The zero-order valence-electron chi connectivity index (χ0n) is 12.7. The summed E-state index contributed by atoms with van der Waals surface area (Å²) in [5.41, 5.74) is 2.03. The fraction of sp³-hybridized carbons (Fsp3) is 0.0625. The molecule has 6 nitrogen and oxygen atoms in total. The van der Waals surface area contributed by atoms with Gasteiger partial charge in [0, 0.05) is 18.6 Å². The molecule has 2 aromatic heterocycles. The van der Waals surface area contributed by atoms with Crippen LogP contribution in [-0.4, -0.2) is 20.1 Å². The Hall–Kier alpha value is -2.36. The van der Waals surface area contributed by atoms with Crippen LogP contribution in [0.5, 0.6) is 0 Å². The summed E-state index contributed by atoms with van der Waals surface area (Å²) in [6.07, 6.45) is 0.755. The highest BCUT2D eigenvalue weighted by atomic mass is 32.2. The number of benzene rings is 2. The average Bonchev–Trinajstić information content (AvgIpc) is 3.21. The van der Waals surface area contributed by atoms with Crippen LogP contribution in [-0.2, 0) is 6.42 Å². The first-order valence-corrected chi connectivity index (χ1v) is 9.71. The Morgan fingerprint density at radius 1 is 1.04 bits per heavy atom. The first-order chi connectivity index (χ1) is 12.2. The van der Waals surface area contributed by atoms with Crippen LogP contribution in [0.1, 0.15) is 10.6 Å². The average molecular weight is 386 g/mol. The monoisotopic (exact) mass is 386 g/mol. The van der Waals surface area contributed by atoms with E-state index in [1.54, 1.807) is 12.1 Å². The third-order valence-corrected chi connectivity index (χ3v) is 6.44. The molecule has 9 heteroatoms. The molecule has 0 radical (unpaired) electrons. The molecule has 0 aliphatic carbocycles. The molecule has 0 bridgehead atoms. The highest BCUT2D eigenvalue weighted by Gasteiger charge is 2.13. The summed E-state index contributed by atoms with van der Waals surface area (Å²) in [6.45, 7) is 0. The number of thiazole rings is 1. The molecular formula is C16H10N4O2S3. The Kier molecular flexibility index (Phi) is 4.43. The van der Waals surface area contributed by atoms with Gasteiger partial charge in [0.25, 0.3) is 5.69 Å². The molecule has 0 fully saturated rings. The van der Waals surface area contributed by atoms with Gasteiger partial charge in [-0.05, 0) is 23.4 Å². The Morgan fingerprint density at radius 2 is 1.88 bits per heavy atom. The number of non-ortho nitro benzene ring substituents is 1. The number of hydrogen-bond donors (Lipinski definition) is 0. The molecule has 0 spiro atoms. The molecule has 4 aromatic rings. The van der Waals surface area contributed by atoms with Crippen LogP contribution in [0.4, 0.5) is 5.69 Å². The quantitative estimate of drug-likeness (QED) is 0.362. The Bertz CT molecular complexity index is 1050. The van der Waals surface area contributed by atoms with Crippen LogP contribution in [0.2, 0.25) is 0 Å². The van der Waals surface area contributed by atoms with Gasteiger partial charge in [-0.15, -0.1) is 21.5 Å². The zero-order chi connectivity index (χ0) is 17.2. The molecule has 2 aromatic carbocycles. The van der Waals surface area contributed by atoms with Gasteiger partial charge in [-0.1, -0.05) is 41.7 Å². The van der Waals surface area contributed by atoms with Gasteiger partial charge < -0.3 is 0 Å². The van der Waals surface area contributed by atoms with Crippen LogP contribution < -0.4 is 0 Å². The summed E-state index contributed by atoms with van der Waals surface area (Å²) in [7, 11) is 0. The first kappa shape index (κ1) is 16.1. The second-order valence-electron chi connectivity index (χ2n) is 5.12. The summed E-state index contributed by atoms with van der Waals surface area (Å²) in [6, 6.07) is 14.8. The van der Waals surface area contributed by atoms with Gasteiger partial charge in [0.2, 0.25) is 0 Å². The molecule has 0 aliphatic heterocycles. The van der Waals surface area contributed by atoms with E-state index in [1.165, 1.54) is 46.1 Å². The number of hydrogen-bond acceptors (Lipinski definition) is 8. The van der Waals surface area contributed by atoms with Crippen LogP contribution in [0.15, 0.2) is 57.2 Å². The molecule has 0 N–H and O–H groups in total. The highest BCUT2D eigenvalue weighted by molar-refractivity contribution is 8.02. The van der Waals surface area contributed by atoms with Crippen molar-refractivity contribution >= 4 is 50.3 Å². The highest BCUT2D eigenvalue weighted by Crippen LogP contribution is 2.37. The lowest BCUT2D eigenvalue weighted by atomic mass is 10.2. The molecule has 0 unspecified atom stereocenters. The maximum Gasteiger partial charge on any atom is 0.270 e. The molecule has 0 aliphatic rings. The summed E-state index contributed by atoms with van der Waals surface area (Å²) < 4.78 is 2.42. The number of nitrogens with zero attached hydrogens (tertiary/aromatic N) is 4. The van der Waals surface area contributed by atoms with E-state index in [4.69, 9.17) is 0 Å². The van der Waals surface area contributed by atoms with Crippen molar-refractivity contribution in [2.75, 3.05) is 0 Å². The third-order valence-electron chi connectivity index (χ3n) is 3.38. The smallest absolute Gasteiger partial charge is 0.258 e. The number of rotatable bonds is 5. The van der Waals surface area contributed by atoms with Crippen molar-refractivity contribution in [3.05, 3.63) is 69.2 Å². The molecule has 124 valence electrons. The lowest BCUT2D eigenvalue weighted by Gasteiger charge is -1.94. The summed E-state index contributed by atoms with van der Waals surface area (Å²) in [4.78, 5) is 15.0. The van der Waals surface area contributed by atoms with Gasteiger partial charge in [0.05, 0.1) is 15.1 Å². The minimum Gasteiger partial charge on any atom is -0.258 e. The summed E-state index contributed by atoms with van der Waals surface area (Å²) in [5, 5.41) is 20.3. The minimum atomic E-state index is -0.396. The number of fused-ring (bicyclic) bond motifs is 1. The fourth-order valence-electron chi connectivity index (χ4n) is 2.25. The van der Waals surface area contributed by atoms with Gasteiger partial charge in [-0.25, -0.2) is 4.98 Å². The van der Waals surface area contributed by atoms with Gasteiger partial charge in [-0.2, -0.15) is 0 Å². The van der Waals surface area contributed by atoms with Crippen molar-refractivity contribution < 1.29 is 4.92 Å². The van der Waals surface area contributed by atoms with E-state index in [9.17, 15) is 10.1 Å². The Morgan fingerprint density at radius 3 is 2.68 bits per heavy atom. The molecule has 0 saturated carbocycles. The molecule has 0 saturated heterocycles. The normalized spacial score (nSPS) is 11.0. The first-order valence-electron chi connectivity index (χ1n) is 7.26. The molecular weight excluding hydrogens is 376 g/mol. The molecule has 0 atom stereocenters. The second kappa shape index (κ2) is 6.87. The maximum atomic E-state index is 10.9. The van der Waals surface area contributed by atoms with E-state index in [2.05, 4.69) is 27.3 Å². The lowest BCUT2D eigenvalue weighted by molar-refractivity contribution is -0.384. The van der Waals surface area contributed by atoms with Crippen LogP contribution in [0.25, 0.3) is 10.2 Å². The van der Waals surface area contributed by atoms with Gasteiger partial charge >= 0.3 is 0 Å². The van der Waals surface area contributed by atoms with E-state index in [1.807, 2.05) is 18.2 Å². The third kappa shape index (κ3) is 3.68. The van der Waals surface area contributed by atoms with Crippen LogP contribution in [0.3, 0.4) is 0 Å². The maximum absolute atomic E-state index is 10.9. The van der Waals surface area contributed by atoms with Crippen molar-refractivity contribution in [3.8, 4) is 0 Å². The SMILES string of the molecule is O=[N+]([O-])c1ccc2nc(Sc3nnc(Cc4ccccc4)s3)sc2c1. The van der Waals surface area contributed by atoms with E-state index in [-0.39, 0.29) is 5.69 Å². The van der Waals surface area contributed by atoms with Crippen molar-refractivity contribution in [2.24, 2.45) is 0 Å². The number of nitro benzene ring substituents is 1. The summed E-state index contributed by atoms with van der Waals surface area (Å²) in [5.74, 6) is 0. The molecule has 2 heterocycles. The fourth-order valence-corrected chi connectivity index (χ4v) is 5.48. The van der Waals surface area contributed by atoms with Crippen molar-refractivity contribution in [3.63, 3.8) is 0 Å². The standard InChI is InChI=1S/C16H10N4O2S3/c21-20(22)11-6-7-12-13(9-11)23-15(17-12)25-16-19-18-14(24-16)8-10-4-2-1-3-5-10/h1-7,9H,8H2. The van der Waals surface area contributed by atoms with Gasteiger partial charge in [0.15, 0.2) is 8.68 Å². The Labute approximate surface area is 154 Å². The van der Waals surface area contributed by atoms with Crippen molar-refractivity contribution in [1.29, 1.82) is 0 Å². The van der Waals surface area contributed by atoms with E-state index < -0.39 is 4.92 Å². The topological polar surface area (TPSA) is 81.8 Å². The van der Waals surface area contributed by atoms with E-state index in [0.717, 1.165) is 30.3 Å². The van der Waals surface area contributed by atoms with Gasteiger partial charge in [-0.3, -0.25) is 10.1 Å². The number of aromatic nitrogens is 3. The molecule has 4 rings (SSSR count). The van der Waals surface area contributed by atoms with Crippen molar-refractivity contribution in [2.45, 2.75) is 15.1 Å². The Balaban J connectivity index is 1.52. The van der Waals surface area contributed by atoms with E-state index >= 15 is 0 Å². The van der Waals surface area contributed by atoms with Crippen LogP contribution >= 0.6 is 34.4 Å².